The van der Waals surface area contributed by atoms with Gasteiger partial charge in [-0.3, -0.25) is 0 Å². The molecule has 1 aromatic rings. The van der Waals surface area contributed by atoms with Crippen molar-refractivity contribution in [3.8, 4) is 0 Å². The van der Waals surface area contributed by atoms with Crippen molar-refractivity contribution < 1.29 is 66.4 Å². The number of halogens is 12. The van der Waals surface area contributed by atoms with Crippen molar-refractivity contribution in [2.24, 2.45) is 0 Å². The van der Waals surface area contributed by atoms with Gasteiger partial charge in [-0.1, -0.05) is 44.2 Å². The van der Waals surface area contributed by atoms with E-state index in [4.69, 9.17) is 0 Å². The fourth-order valence-electron chi connectivity index (χ4n) is 1.25. The third kappa shape index (κ3) is 52.2. The summed E-state index contributed by atoms with van der Waals surface area (Å²) in [7, 11) is -21.3. The molecule has 0 bridgehead atoms. The molecule has 0 N–H and O–H groups in total. The first-order valence-corrected chi connectivity index (χ1v) is 11.9. The van der Waals surface area contributed by atoms with Crippen molar-refractivity contribution in [2.75, 3.05) is 0 Å². The summed E-state index contributed by atoms with van der Waals surface area (Å²) < 4.78 is 120. The van der Waals surface area contributed by atoms with Crippen LogP contribution in [0.25, 0.3) is 0 Å². The van der Waals surface area contributed by atoms with E-state index in [1.165, 1.54) is 10.0 Å². The van der Waals surface area contributed by atoms with E-state index in [1.807, 2.05) is 18.2 Å². The molecule has 0 fully saturated rings. The fourth-order valence-corrected chi connectivity index (χ4v) is 1.49. The molecular weight excluding hydrogens is 514 g/mol. The molecule has 0 heterocycles. The molecule has 0 nitrogen and oxygen atoms in total. The molecule has 0 aliphatic heterocycles. The third-order valence-corrected chi connectivity index (χ3v) is 2.59. The van der Waals surface area contributed by atoms with E-state index in [0.717, 1.165) is 6.42 Å². The van der Waals surface area contributed by atoms with Crippen LogP contribution in [0, 0.1) is 0 Å². The zero-order valence-electron chi connectivity index (χ0n) is 14.7. The first-order chi connectivity index (χ1) is 12.1. The number of rotatable bonds is 1. The van der Waals surface area contributed by atoms with E-state index in [-0.39, 0.29) is 0 Å². The second-order valence-electron chi connectivity index (χ2n) is 5.71. The Morgan fingerprint density at radius 3 is 1.21 bits per heavy atom. The molecule has 1 aromatic carbocycles. The predicted molar refractivity (Wildman–Crippen MR) is 89.5 cm³/mol. The summed E-state index contributed by atoms with van der Waals surface area (Å²) in [4.78, 5) is 0. The van der Waals surface area contributed by atoms with E-state index in [2.05, 4.69) is 60.2 Å². The molecule has 1 aliphatic carbocycles. The second-order valence-corrected chi connectivity index (χ2v) is 10.3. The third-order valence-electron chi connectivity index (χ3n) is 2.18. The minimum atomic E-state index is -10.7. The van der Waals surface area contributed by atoms with E-state index >= 15 is 0 Å². The average Bonchev–Trinajstić information content (AvgIpc) is 2.84. The van der Waals surface area contributed by atoms with Crippen molar-refractivity contribution >= 4 is 15.6 Å². The molecule has 0 amide bonds. The first-order valence-electron chi connectivity index (χ1n) is 7.28. The molecule has 0 aromatic heterocycles. The molecule has 0 unspecified atom stereocenters. The Labute approximate surface area is 167 Å². The van der Waals surface area contributed by atoms with Gasteiger partial charge in [0.25, 0.3) is 0 Å². The topological polar surface area (TPSA) is 0 Å². The van der Waals surface area contributed by atoms with Crippen LogP contribution in [-0.2, 0) is 16.0 Å². The Bertz CT molecular complexity index is 649. The van der Waals surface area contributed by atoms with Gasteiger partial charge >= 0.3 is 111 Å². The monoisotopic (exact) mass is 531 g/mol. The molecule has 0 spiro atoms. The van der Waals surface area contributed by atoms with Gasteiger partial charge in [0.2, 0.25) is 0 Å². The summed E-state index contributed by atoms with van der Waals surface area (Å²) in [5, 5.41) is 0. The van der Waals surface area contributed by atoms with Crippen LogP contribution in [0.3, 0.4) is 0 Å². The maximum absolute atomic E-state index is 10.7. The van der Waals surface area contributed by atoms with Crippen molar-refractivity contribution in [1.29, 1.82) is 0 Å². The van der Waals surface area contributed by atoms with Gasteiger partial charge in [-0.15, -0.1) is 0 Å². The van der Waals surface area contributed by atoms with Gasteiger partial charge in [0, 0.05) is 0 Å². The van der Waals surface area contributed by atoms with Crippen molar-refractivity contribution in [2.45, 2.75) is 26.2 Å². The van der Waals surface area contributed by atoms with Crippen LogP contribution in [0.1, 0.15) is 31.7 Å². The van der Waals surface area contributed by atoms with Crippen LogP contribution in [-0.4, -0.2) is 0 Å². The van der Waals surface area contributed by atoms with Gasteiger partial charge in [0.1, 0.15) is 0 Å². The second kappa shape index (κ2) is 8.40. The van der Waals surface area contributed by atoms with Crippen molar-refractivity contribution in [3.63, 3.8) is 0 Å². The summed E-state index contributed by atoms with van der Waals surface area (Å²) in [6.07, 6.45) is 7.21. The molecule has 0 atom stereocenters. The van der Waals surface area contributed by atoms with Gasteiger partial charge in [-0.2, -0.15) is 0 Å². The number of hydrogen-bond donors (Lipinski definition) is 0. The Kier molecular flexibility index (Phi) is 8.82. The van der Waals surface area contributed by atoms with Crippen LogP contribution < -0.4 is 0 Å². The van der Waals surface area contributed by atoms with Gasteiger partial charge in [-0.05, 0) is 11.5 Å². The number of benzene rings is 1. The summed E-state index contributed by atoms with van der Waals surface area (Å²) in [5.41, 5.74) is 1.41. The van der Waals surface area contributed by atoms with Crippen LogP contribution in [0.15, 0.2) is 53.0 Å². The number of allylic oxidation sites excluding steroid dienone is 4. The molecule has 1 aliphatic rings. The van der Waals surface area contributed by atoms with Gasteiger partial charge in [-0.25, -0.2) is 0 Å². The minimum absolute atomic E-state index is 0.659. The standard InChI is InChI=1S/C9H12.C5H5.2F6P.Fe/c1-8(2)9-6-4-3-5-7-9;1-2-4-5-3-1;2*1-7(2,3,4,5)6;/h3-8H,1-2H3;1-3H,4H2;;;/q;;2*-1;+2. The Balaban J connectivity index is 0. The normalized spacial score (nSPS) is 18.1. The quantitative estimate of drug-likeness (QED) is 0.192. The van der Waals surface area contributed by atoms with Crippen LogP contribution >= 0.6 is 15.6 Å². The Morgan fingerprint density at radius 2 is 1.07 bits per heavy atom. The van der Waals surface area contributed by atoms with E-state index < -0.39 is 15.6 Å². The van der Waals surface area contributed by atoms with Crippen molar-refractivity contribution in [1.82, 2.24) is 0 Å². The molecule has 29 heavy (non-hydrogen) atoms. The van der Waals surface area contributed by atoms with Crippen LogP contribution in [0.5, 0.6) is 0 Å². The zero-order chi connectivity index (χ0) is 23.9. The molecular formula is C14H17F12FeP2. The van der Waals surface area contributed by atoms with Crippen molar-refractivity contribution in [3.05, 3.63) is 58.6 Å². The maximum atomic E-state index is 9.87. The number of hydrogen-bond acceptors (Lipinski definition) is 0. The van der Waals surface area contributed by atoms with Gasteiger partial charge < -0.3 is 0 Å². The van der Waals surface area contributed by atoms with Gasteiger partial charge in [0.05, 0.1) is 0 Å². The predicted octanol–water partition coefficient (Wildman–Crippen LogP) is 11.0. The zero-order valence-corrected chi connectivity index (χ0v) is 17.6. The molecule has 175 valence electrons. The molecule has 0 saturated heterocycles. The fraction of sp³-hybridized carbons (Fsp3) is 0.286. The van der Waals surface area contributed by atoms with Crippen LogP contribution in [0.4, 0.5) is 50.4 Å². The Hall–Kier alpha value is -0.761. The molecule has 0 radical (unpaired) electrons. The SMILES string of the molecule is CC(C)c1ccccc1.F[P-](F)(F)(F)(F)F.F[P-](F)(F)(F)(F)F.[Fe+2][C]1=CC=CC1. The van der Waals surface area contributed by atoms with E-state index in [1.54, 1.807) is 0 Å². The summed E-state index contributed by atoms with van der Waals surface area (Å²) in [6.45, 7) is 4.41. The molecule has 15 heteroatoms. The average molecular weight is 531 g/mol. The van der Waals surface area contributed by atoms with Gasteiger partial charge in [0.15, 0.2) is 0 Å². The molecule has 2 rings (SSSR count). The van der Waals surface area contributed by atoms with Crippen LogP contribution in [0.2, 0.25) is 0 Å². The summed E-state index contributed by atoms with van der Waals surface area (Å²) in [5.74, 6) is 0.659. The first kappa shape index (κ1) is 30.4. The molecule has 0 saturated carbocycles. The summed E-state index contributed by atoms with van der Waals surface area (Å²) in [6, 6.07) is 10.5. The van der Waals surface area contributed by atoms with E-state index in [9.17, 15) is 50.4 Å². The summed E-state index contributed by atoms with van der Waals surface area (Å²) >= 11 is 3.74. The van der Waals surface area contributed by atoms with E-state index in [0.29, 0.717) is 5.92 Å². The Morgan fingerprint density at radius 1 is 0.724 bits per heavy atom.